The molecule has 0 heterocycles. The lowest BCUT2D eigenvalue weighted by Gasteiger charge is -2.13. The first kappa shape index (κ1) is 11.0. The van der Waals surface area contributed by atoms with Crippen LogP contribution in [0.25, 0.3) is 0 Å². The second-order valence-electron chi connectivity index (χ2n) is 3.69. The number of hydrogen-bond acceptors (Lipinski definition) is 2. The molecule has 0 spiro atoms. The van der Waals surface area contributed by atoms with E-state index >= 15 is 0 Å². The summed E-state index contributed by atoms with van der Waals surface area (Å²) >= 11 is 4.91. The summed E-state index contributed by atoms with van der Waals surface area (Å²) < 4.78 is 0. The van der Waals surface area contributed by atoms with E-state index in [0.717, 1.165) is 11.3 Å². The molecule has 0 unspecified atom stereocenters. The minimum absolute atomic E-state index is 0.435. The molecule has 1 rings (SSSR count). The zero-order valence-corrected chi connectivity index (χ0v) is 9.61. The topological polar surface area (TPSA) is 38.0 Å². The maximum Gasteiger partial charge on any atom is 0.103 e. The van der Waals surface area contributed by atoms with Crippen molar-refractivity contribution in [1.29, 1.82) is 0 Å². The summed E-state index contributed by atoms with van der Waals surface area (Å²) in [6.07, 6.45) is 0. The van der Waals surface area contributed by atoms with Crippen LogP contribution in [0.4, 0.5) is 5.69 Å². The van der Waals surface area contributed by atoms with Gasteiger partial charge >= 0.3 is 0 Å². The minimum Gasteiger partial charge on any atom is -0.389 e. The van der Waals surface area contributed by atoms with Crippen molar-refractivity contribution in [1.82, 2.24) is 0 Å². The second-order valence-corrected chi connectivity index (χ2v) is 4.13. The van der Waals surface area contributed by atoms with Gasteiger partial charge in [-0.25, -0.2) is 0 Å². The minimum atomic E-state index is 0.435. The number of nitrogens with two attached hydrogens (primary N) is 1. The number of thiocarbonyl (C=S) groups is 1. The Bertz CT molecular complexity index is 345. The molecule has 0 bridgehead atoms. The molecule has 3 N–H and O–H groups in total. The molecule has 0 radical (unpaired) electrons. The van der Waals surface area contributed by atoms with Gasteiger partial charge in [0.25, 0.3) is 0 Å². The van der Waals surface area contributed by atoms with Gasteiger partial charge in [0, 0.05) is 17.3 Å². The Morgan fingerprint density at radius 1 is 1.43 bits per heavy atom. The molecule has 3 heteroatoms. The van der Waals surface area contributed by atoms with Gasteiger partial charge in [-0.2, -0.15) is 0 Å². The highest BCUT2D eigenvalue weighted by molar-refractivity contribution is 7.80. The van der Waals surface area contributed by atoms with Gasteiger partial charge in [0.1, 0.15) is 4.99 Å². The third kappa shape index (κ3) is 2.70. The molecule has 76 valence electrons. The molecule has 14 heavy (non-hydrogen) atoms. The third-order valence-corrected chi connectivity index (χ3v) is 2.19. The van der Waals surface area contributed by atoms with Gasteiger partial charge in [-0.05, 0) is 44.5 Å². The van der Waals surface area contributed by atoms with Crippen LogP contribution in [0.15, 0.2) is 18.2 Å². The molecule has 0 aliphatic rings. The summed E-state index contributed by atoms with van der Waals surface area (Å²) in [5.74, 6) is 0. The Morgan fingerprint density at radius 2 is 2.07 bits per heavy atom. The standard InChI is InChI=1S/C11H16N2S/c1-7(2)13-10-5-4-9(11(12)14)6-8(10)3/h4-7,13H,1-3H3,(H2,12,14). The average Bonchev–Trinajstić information content (AvgIpc) is 2.07. The van der Waals surface area contributed by atoms with Crippen molar-refractivity contribution in [3.63, 3.8) is 0 Å². The summed E-state index contributed by atoms with van der Waals surface area (Å²) in [5, 5.41) is 3.36. The number of nitrogens with one attached hydrogen (secondary N) is 1. The van der Waals surface area contributed by atoms with E-state index in [-0.39, 0.29) is 0 Å². The van der Waals surface area contributed by atoms with E-state index in [2.05, 4.69) is 19.2 Å². The molecular weight excluding hydrogens is 192 g/mol. The highest BCUT2D eigenvalue weighted by Crippen LogP contribution is 2.17. The number of aryl methyl sites for hydroxylation is 1. The Morgan fingerprint density at radius 3 is 2.50 bits per heavy atom. The van der Waals surface area contributed by atoms with Crippen molar-refractivity contribution < 1.29 is 0 Å². The highest BCUT2D eigenvalue weighted by atomic mass is 32.1. The van der Waals surface area contributed by atoms with Crippen LogP contribution in [0.2, 0.25) is 0 Å². The van der Waals surface area contributed by atoms with Gasteiger partial charge < -0.3 is 11.1 Å². The van der Waals surface area contributed by atoms with Crippen LogP contribution in [0, 0.1) is 6.92 Å². The average molecular weight is 208 g/mol. The van der Waals surface area contributed by atoms with Crippen molar-refractivity contribution in [2.45, 2.75) is 26.8 Å². The van der Waals surface area contributed by atoms with Crippen LogP contribution in [0.1, 0.15) is 25.0 Å². The Kier molecular flexibility index (Phi) is 3.47. The maximum absolute atomic E-state index is 5.54. The van der Waals surface area contributed by atoms with Gasteiger partial charge in [-0.1, -0.05) is 12.2 Å². The highest BCUT2D eigenvalue weighted by Gasteiger charge is 2.02. The van der Waals surface area contributed by atoms with E-state index < -0.39 is 0 Å². The van der Waals surface area contributed by atoms with E-state index in [1.54, 1.807) is 0 Å². The van der Waals surface area contributed by atoms with Crippen LogP contribution in [-0.4, -0.2) is 11.0 Å². The fraction of sp³-hybridized carbons (Fsp3) is 0.364. The molecule has 0 amide bonds. The van der Waals surface area contributed by atoms with Crippen LogP contribution >= 0.6 is 12.2 Å². The first-order chi connectivity index (χ1) is 6.50. The third-order valence-electron chi connectivity index (χ3n) is 1.96. The smallest absolute Gasteiger partial charge is 0.103 e. The fourth-order valence-electron chi connectivity index (χ4n) is 1.29. The number of hydrogen-bond donors (Lipinski definition) is 2. The first-order valence-electron chi connectivity index (χ1n) is 4.67. The van der Waals surface area contributed by atoms with E-state index in [0.29, 0.717) is 11.0 Å². The van der Waals surface area contributed by atoms with Crippen LogP contribution < -0.4 is 11.1 Å². The molecule has 0 fully saturated rings. The second kappa shape index (κ2) is 4.42. The SMILES string of the molecule is Cc1cc(C(N)=S)ccc1NC(C)C. The first-order valence-corrected chi connectivity index (χ1v) is 5.08. The van der Waals surface area contributed by atoms with Crippen molar-refractivity contribution in [3.8, 4) is 0 Å². The molecule has 0 saturated carbocycles. The van der Waals surface area contributed by atoms with Gasteiger partial charge in [0.15, 0.2) is 0 Å². The molecular formula is C11H16N2S. The normalized spacial score (nSPS) is 10.3. The van der Waals surface area contributed by atoms with Crippen molar-refractivity contribution in [3.05, 3.63) is 29.3 Å². The van der Waals surface area contributed by atoms with Crippen LogP contribution in [0.3, 0.4) is 0 Å². The Hall–Kier alpha value is -1.09. The maximum atomic E-state index is 5.54. The summed E-state index contributed by atoms with van der Waals surface area (Å²) in [4.78, 5) is 0.448. The van der Waals surface area contributed by atoms with Gasteiger partial charge in [-0.3, -0.25) is 0 Å². The zero-order valence-electron chi connectivity index (χ0n) is 8.79. The molecule has 0 aliphatic heterocycles. The van der Waals surface area contributed by atoms with E-state index in [1.807, 2.05) is 25.1 Å². The van der Waals surface area contributed by atoms with E-state index in [4.69, 9.17) is 18.0 Å². The van der Waals surface area contributed by atoms with Gasteiger partial charge in [0.2, 0.25) is 0 Å². The quantitative estimate of drug-likeness (QED) is 0.749. The molecule has 0 atom stereocenters. The Labute approximate surface area is 90.5 Å². The molecule has 2 nitrogen and oxygen atoms in total. The van der Waals surface area contributed by atoms with E-state index in [1.165, 1.54) is 5.56 Å². The number of benzene rings is 1. The fourth-order valence-corrected chi connectivity index (χ4v) is 1.42. The summed E-state index contributed by atoms with van der Waals surface area (Å²) in [5.41, 5.74) is 8.78. The lowest BCUT2D eigenvalue weighted by molar-refractivity contribution is 0.897. The molecule has 1 aromatic carbocycles. The summed E-state index contributed by atoms with van der Waals surface area (Å²) in [6.45, 7) is 6.27. The lowest BCUT2D eigenvalue weighted by Crippen LogP contribution is -2.13. The largest absolute Gasteiger partial charge is 0.389 e. The van der Waals surface area contributed by atoms with Crippen molar-refractivity contribution in [2.75, 3.05) is 5.32 Å². The predicted octanol–water partition coefficient (Wildman–Crippen LogP) is 2.45. The zero-order chi connectivity index (χ0) is 10.7. The van der Waals surface area contributed by atoms with Crippen LogP contribution in [-0.2, 0) is 0 Å². The van der Waals surface area contributed by atoms with Crippen molar-refractivity contribution >= 4 is 22.9 Å². The summed E-state index contributed by atoms with van der Waals surface area (Å²) in [7, 11) is 0. The summed E-state index contributed by atoms with van der Waals surface area (Å²) in [6, 6.07) is 6.40. The number of rotatable bonds is 3. The van der Waals surface area contributed by atoms with Gasteiger partial charge in [0.05, 0.1) is 0 Å². The predicted molar refractivity (Wildman–Crippen MR) is 65.8 cm³/mol. The molecule has 0 saturated heterocycles. The molecule has 1 aromatic rings. The van der Waals surface area contributed by atoms with E-state index in [9.17, 15) is 0 Å². The molecule has 0 aliphatic carbocycles. The molecule has 0 aromatic heterocycles. The van der Waals surface area contributed by atoms with Crippen LogP contribution in [0.5, 0.6) is 0 Å². The monoisotopic (exact) mass is 208 g/mol. The lowest BCUT2D eigenvalue weighted by atomic mass is 10.1. The number of anilines is 1. The van der Waals surface area contributed by atoms with Crippen molar-refractivity contribution in [2.24, 2.45) is 5.73 Å². The van der Waals surface area contributed by atoms with Gasteiger partial charge in [-0.15, -0.1) is 0 Å². The Balaban J connectivity index is 2.95.